The summed E-state index contributed by atoms with van der Waals surface area (Å²) in [5.41, 5.74) is 1.33. The van der Waals surface area contributed by atoms with Gasteiger partial charge in [0.2, 0.25) is 0 Å². The van der Waals surface area contributed by atoms with Crippen LogP contribution in [0.5, 0.6) is 11.5 Å². The van der Waals surface area contributed by atoms with E-state index >= 15 is 0 Å². The average molecular weight is 134 g/mol. The molecule has 0 saturated carbocycles. The van der Waals surface area contributed by atoms with E-state index < -0.39 is 0 Å². The summed E-state index contributed by atoms with van der Waals surface area (Å²) in [5.74, 6) is 2.75. The molecule has 0 fully saturated rings. The van der Waals surface area contributed by atoms with Gasteiger partial charge in [0, 0.05) is 5.56 Å². The molecule has 0 atom stereocenters. The third-order valence-electron chi connectivity index (χ3n) is 1.80. The SMILES string of the molecule is CC(C)c1cccc2c1O2. The summed E-state index contributed by atoms with van der Waals surface area (Å²) < 4.78 is 5.23. The second-order valence-corrected chi connectivity index (χ2v) is 2.93. The summed E-state index contributed by atoms with van der Waals surface area (Å²) >= 11 is 0. The van der Waals surface area contributed by atoms with Gasteiger partial charge in [0.1, 0.15) is 0 Å². The first kappa shape index (κ1) is 5.78. The van der Waals surface area contributed by atoms with Crippen molar-refractivity contribution in [1.29, 1.82) is 0 Å². The third kappa shape index (κ3) is 0.703. The van der Waals surface area contributed by atoms with Crippen LogP contribution in [0.3, 0.4) is 0 Å². The van der Waals surface area contributed by atoms with Crippen LogP contribution in [0.1, 0.15) is 25.3 Å². The van der Waals surface area contributed by atoms with Crippen molar-refractivity contribution in [3.8, 4) is 11.5 Å². The van der Waals surface area contributed by atoms with Crippen molar-refractivity contribution in [1.82, 2.24) is 0 Å². The molecular weight excluding hydrogens is 124 g/mol. The molecule has 1 nitrogen and oxygen atoms in total. The van der Waals surface area contributed by atoms with Crippen LogP contribution < -0.4 is 4.74 Å². The molecule has 0 bridgehead atoms. The molecular formula is C9H10O. The lowest BCUT2D eigenvalue weighted by molar-refractivity contribution is 0.638. The Hall–Kier alpha value is -0.980. The maximum atomic E-state index is 5.23. The lowest BCUT2D eigenvalue weighted by Crippen LogP contribution is -1.81. The topological polar surface area (TPSA) is 12.5 Å². The zero-order valence-corrected chi connectivity index (χ0v) is 6.22. The van der Waals surface area contributed by atoms with Gasteiger partial charge in [0.25, 0.3) is 0 Å². The van der Waals surface area contributed by atoms with Crippen LogP contribution in [0.4, 0.5) is 0 Å². The molecule has 1 aromatic rings. The Morgan fingerprint density at radius 2 is 2.10 bits per heavy atom. The lowest BCUT2D eigenvalue weighted by atomic mass is 10.0. The van der Waals surface area contributed by atoms with Gasteiger partial charge >= 0.3 is 0 Å². The van der Waals surface area contributed by atoms with E-state index in [0.717, 1.165) is 11.5 Å². The Bertz CT molecular complexity index is 263. The highest BCUT2D eigenvalue weighted by Gasteiger charge is 2.24. The van der Waals surface area contributed by atoms with E-state index in [2.05, 4.69) is 19.9 Å². The second-order valence-electron chi connectivity index (χ2n) is 2.93. The molecule has 1 aromatic carbocycles. The highest BCUT2D eigenvalue weighted by atomic mass is 16.6. The van der Waals surface area contributed by atoms with E-state index in [-0.39, 0.29) is 0 Å². The normalized spacial score (nSPS) is 12.7. The van der Waals surface area contributed by atoms with Gasteiger partial charge in [-0.2, -0.15) is 0 Å². The van der Waals surface area contributed by atoms with Crippen LogP contribution in [0, 0.1) is 0 Å². The van der Waals surface area contributed by atoms with Crippen molar-refractivity contribution >= 4 is 0 Å². The van der Waals surface area contributed by atoms with Crippen LogP contribution in [0.25, 0.3) is 0 Å². The third-order valence-corrected chi connectivity index (χ3v) is 1.80. The van der Waals surface area contributed by atoms with Gasteiger partial charge in [0.05, 0.1) is 0 Å². The zero-order chi connectivity index (χ0) is 7.14. The van der Waals surface area contributed by atoms with Crippen LogP contribution in [0.2, 0.25) is 0 Å². The monoisotopic (exact) mass is 134 g/mol. The minimum atomic E-state index is 0.581. The predicted molar refractivity (Wildman–Crippen MR) is 40.6 cm³/mol. The number of para-hydroxylation sites is 1. The van der Waals surface area contributed by atoms with Crippen molar-refractivity contribution < 1.29 is 4.74 Å². The van der Waals surface area contributed by atoms with E-state index in [9.17, 15) is 0 Å². The Labute approximate surface area is 60.6 Å². The van der Waals surface area contributed by atoms with Crippen LogP contribution in [0.15, 0.2) is 18.2 Å². The van der Waals surface area contributed by atoms with Crippen molar-refractivity contribution in [3.05, 3.63) is 23.8 Å². The van der Waals surface area contributed by atoms with Crippen LogP contribution >= 0.6 is 0 Å². The Morgan fingerprint density at radius 1 is 1.30 bits per heavy atom. The van der Waals surface area contributed by atoms with Gasteiger partial charge < -0.3 is 4.74 Å². The largest absolute Gasteiger partial charge is 0.449 e. The van der Waals surface area contributed by atoms with E-state index in [0.29, 0.717) is 5.92 Å². The molecule has 52 valence electrons. The summed E-state index contributed by atoms with van der Waals surface area (Å²) in [4.78, 5) is 0. The Kier molecular flexibility index (Phi) is 1.01. The van der Waals surface area contributed by atoms with Crippen LogP contribution in [-0.2, 0) is 0 Å². The van der Waals surface area contributed by atoms with Gasteiger partial charge in [0.15, 0.2) is 11.5 Å². The number of rotatable bonds is 1. The predicted octanol–water partition coefficient (Wildman–Crippen LogP) is 2.92. The van der Waals surface area contributed by atoms with E-state index in [4.69, 9.17) is 4.74 Å². The molecule has 2 rings (SSSR count). The zero-order valence-electron chi connectivity index (χ0n) is 6.22. The smallest absolute Gasteiger partial charge is 0.173 e. The first-order valence-electron chi connectivity index (χ1n) is 3.60. The number of ether oxygens (including phenoxy) is 1. The van der Waals surface area contributed by atoms with Crippen molar-refractivity contribution in [3.63, 3.8) is 0 Å². The molecule has 0 aliphatic carbocycles. The first-order chi connectivity index (χ1) is 4.79. The Morgan fingerprint density at radius 3 is 2.70 bits per heavy atom. The molecule has 0 unspecified atom stereocenters. The van der Waals surface area contributed by atoms with Crippen molar-refractivity contribution in [2.45, 2.75) is 19.8 Å². The van der Waals surface area contributed by atoms with Gasteiger partial charge in [-0.25, -0.2) is 0 Å². The van der Waals surface area contributed by atoms with Crippen LogP contribution in [-0.4, -0.2) is 0 Å². The van der Waals surface area contributed by atoms with E-state index in [1.807, 2.05) is 12.1 Å². The molecule has 0 N–H and O–H groups in total. The number of fused-ring (bicyclic) bond motifs is 1. The van der Waals surface area contributed by atoms with Gasteiger partial charge in [-0.3, -0.25) is 0 Å². The fraction of sp³-hybridized carbons (Fsp3) is 0.333. The molecule has 1 heterocycles. The van der Waals surface area contributed by atoms with Gasteiger partial charge in [-0.1, -0.05) is 26.0 Å². The standard InChI is InChI=1S/C9H10O/c1-6(2)7-4-3-5-8-9(7)10-8/h3-6H,1-2H3. The number of hydrogen-bond donors (Lipinski definition) is 0. The molecule has 0 spiro atoms. The van der Waals surface area contributed by atoms with Gasteiger partial charge in [-0.15, -0.1) is 0 Å². The summed E-state index contributed by atoms with van der Waals surface area (Å²) in [7, 11) is 0. The molecule has 0 amide bonds. The molecule has 0 saturated heterocycles. The first-order valence-corrected chi connectivity index (χ1v) is 3.60. The Balaban J connectivity index is 2.46. The molecule has 0 aromatic heterocycles. The minimum Gasteiger partial charge on any atom is -0.449 e. The molecule has 1 heteroatoms. The lowest BCUT2D eigenvalue weighted by Gasteiger charge is -1.99. The van der Waals surface area contributed by atoms with E-state index in [1.54, 1.807) is 0 Å². The average Bonchev–Trinajstić information content (AvgIpc) is 2.63. The van der Waals surface area contributed by atoms with Gasteiger partial charge in [-0.05, 0) is 12.0 Å². The molecule has 1 aliphatic rings. The highest BCUT2D eigenvalue weighted by Crippen LogP contribution is 2.49. The van der Waals surface area contributed by atoms with E-state index in [1.165, 1.54) is 5.56 Å². The maximum absolute atomic E-state index is 5.23. The summed E-state index contributed by atoms with van der Waals surface area (Å²) in [6.45, 7) is 4.36. The fourth-order valence-corrected chi connectivity index (χ4v) is 1.16. The summed E-state index contributed by atoms with van der Waals surface area (Å²) in [6.07, 6.45) is 0. The van der Waals surface area contributed by atoms with Crippen molar-refractivity contribution in [2.75, 3.05) is 0 Å². The second kappa shape index (κ2) is 1.75. The molecule has 1 aliphatic heterocycles. The minimum absolute atomic E-state index is 0.581. The maximum Gasteiger partial charge on any atom is 0.173 e. The molecule has 0 radical (unpaired) electrons. The molecule has 10 heavy (non-hydrogen) atoms. The quantitative estimate of drug-likeness (QED) is 0.546. The summed E-state index contributed by atoms with van der Waals surface area (Å²) in [6, 6.07) is 6.17. The number of benzene rings is 1. The highest BCUT2D eigenvalue weighted by molar-refractivity contribution is 5.59. The fourth-order valence-electron chi connectivity index (χ4n) is 1.16. The number of hydrogen-bond acceptors (Lipinski definition) is 1. The summed E-state index contributed by atoms with van der Waals surface area (Å²) in [5, 5.41) is 0. The van der Waals surface area contributed by atoms with Crippen molar-refractivity contribution in [2.24, 2.45) is 0 Å².